The minimum atomic E-state index is -4.24. The Morgan fingerprint density at radius 3 is 2.22 bits per heavy atom. The van der Waals surface area contributed by atoms with Crippen molar-refractivity contribution in [1.29, 1.82) is 0 Å². The molecule has 0 saturated carbocycles. The third-order valence-electron chi connectivity index (χ3n) is 5.51. The first kappa shape index (κ1) is 27.4. The van der Waals surface area contributed by atoms with Crippen molar-refractivity contribution < 1.29 is 22.4 Å². The molecule has 7 nitrogen and oxygen atoms in total. The smallest absolute Gasteiger partial charge is 0.264 e. The number of carbonyl (C=O) groups is 2. The van der Waals surface area contributed by atoms with Gasteiger partial charge < -0.3 is 10.2 Å². The fourth-order valence-corrected chi connectivity index (χ4v) is 5.21. The third kappa shape index (κ3) is 6.16. The summed E-state index contributed by atoms with van der Waals surface area (Å²) in [4.78, 5) is 27.1. The van der Waals surface area contributed by atoms with E-state index in [0.717, 1.165) is 9.21 Å². The first-order valence-corrected chi connectivity index (χ1v) is 13.0. The average Bonchev–Trinajstić information content (AvgIpc) is 2.87. The molecule has 3 aromatic rings. The highest BCUT2D eigenvalue weighted by Gasteiger charge is 2.32. The largest absolute Gasteiger partial charge is 0.357 e. The Hall–Kier alpha value is -3.14. The molecule has 0 saturated heterocycles. The maximum atomic E-state index is 14.4. The van der Waals surface area contributed by atoms with Crippen LogP contribution in [0.5, 0.6) is 0 Å². The Kier molecular flexibility index (Phi) is 8.94. The first-order valence-electron chi connectivity index (χ1n) is 10.8. The number of nitrogens with zero attached hydrogens (tertiary/aromatic N) is 2. The molecule has 11 heteroatoms. The Labute approximate surface area is 219 Å². The van der Waals surface area contributed by atoms with E-state index in [9.17, 15) is 22.4 Å². The van der Waals surface area contributed by atoms with Gasteiger partial charge in [0.15, 0.2) is 0 Å². The van der Waals surface area contributed by atoms with Crippen LogP contribution in [0.25, 0.3) is 0 Å². The Balaban J connectivity index is 2.06. The third-order valence-corrected chi connectivity index (χ3v) is 8.04. The minimum Gasteiger partial charge on any atom is -0.357 e. The van der Waals surface area contributed by atoms with Crippen LogP contribution in [0.15, 0.2) is 77.7 Å². The van der Waals surface area contributed by atoms with E-state index in [1.54, 1.807) is 24.3 Å². The molecule has 0 aliphatic carbocycles. The van der Waals surface area contributed by atoms with Crippen LogP contribution >= 0.6 is 23.2 Å². The number of anilines is 1. The monoisotopic (exact) mass is 551 g/mol. The molecular weight excluding hydrogens is 528 g/mol. The molecular formula is C25H24Cl2FN3O4S. The Morgan fingerprint density at radius 2 is 1.61 bits per heavy atom. The number of benzene rings is 3. The number of hydrogen-bond donors (Lipinski definition) is 1. The molecule has 0 spiro atoms. The quantitative estimate of drug-likeness (QED) is 0.424. The van der Waals surface area contributed by atoms with Gasteiger partial charge >= 0.3 is 0 Å². The molecule has 1 atom stereocenters. The first-order chi connectivity index (χ1) is 17.1. The molecule has 3 aromatic carbocycles. The number of likely N-dealkylation sites (N-methyl/N-ethyl adjacent to an activating group) is 1. The van der Waals surface area contributed by atoms with Gasteiger partial charge in [-0.3, -0.25) is 13.9 Å². The molecule has 0 bridgehead atoms. The zero-order valence-electron chi connectivity index (χ0n) is 19.5. The number of halogens is 3. The summed E-state index contributed by atoms with van der Waals surface area (Å²) in [6.45, 7) is 0.554. The van der Waals surface area contributed by atoms with Crippen LogP contribution in [-0.2, 0) is 26.2 Å². The fraction of sp³-hybridized carbons (Fsp3) is 0.200. The van der Waals surface area contributed by atoms with Gasteiger partial charge in [0.2, 0.25) is 11.8 Å². The number of sulfonamides is 1. The second kappa shape index (κ2) is 11.7. The molecule has 0 aromatic heterocycles. The molecule has 190 valence electrons. The molecule has 1 N–H and O–H groups in total. The van der Waals surface area contributed by atoms with Crippen molar-refractivity contribution in [3.8, 4) is 0 Å². The maximum Gasteiger partial charge on any atom is 0.264 e. The van der Waals surface area contributed by atoms with Crippen LogP contribution in [0.2, 0.25) is 10.0 Å². The normalized spacial score (nSPS) is 12.0. The number of rotatable bonds is 9. The van der Waals surface area contributed by atoms with E-state index >= 15 is 0 Å². The Morgan fingerprint density at radius 1 is 0.972 bits per heavy atom. The SMILES string of the molecule is CNC(=O)[C@H](C)N(Cc1ccccc1F)C(=O)CN(c1ccc(Cl)c(Cl)c1)S(=O)(=O)c1ccccc1. The summed E-state index contributed by atoms with van der Waals surface area (Å²) in [5, 5.41) is 2.77. The lowest BCUT2D eigenvalue weighted by Crippen LogP contribution is -2.50. The van der Waals surface area contributed by atoms with Gasteiger partial charge in [-0.2, -0.15) is 0 Å². The molecule has 0 heterocycles. The summed E-state index contributed by atoms with van der Waals surface area (Å²) in [6.07, 6.45) is 0. The summed E-state index contributed by atoms with van der Waals surface area (Å²) in [6, 6.07) is 16.6. The van der Waals surface area contributed by atoms with Gasteiger partial charge in [0.25, 0.3) is 10.0 Å². The minimum absolute atomic E-state index is 0.0520. The number of hydrogen-bond acceptors (Lipinski definition) is 4. The molecule has 0 aliphatic rings. The van der Waals surface area contributed by atoms with E-state index in [1.807, 2.05) is 0 Å². The van der Waals surface area contributed by atoms with E-state index in [0.29, 0.717) is 0 Å². The molecule has 0 radical (unpaired) electrons. The summed E-state index contributed by atoms with van der Waals surface area (Å²) in [5.41, 5.74) is 0.272. The van der Waals surface area contributed by atoms with E-state index in [4.69, 9.17) is 23.2 Å². The van der Waals surface area contributed by atoms with Crippen molar-refractivity contribution in [3.63, 3.8) is 0 Å². The zero-order valence-corrected chi connectivity index (χ0v) is 21.8. The van der Waals surface area contributed by atoms with Crippen molar-refractivity contribution >= 4 is 50.7 Å². The topological polar surface area (TPSA) is 86.8 Å². The van der Waals surface area contributed by atoms with Gasteiger partial charge in [0.05, 0.1) is 20.6 Å². The van der Waals surface area contributed by atoms with Gasteiger partial charge in [-0.15, -0.1) is 0 Å². The van der Waals surface area contributed by atoms with Crippen molar-refractivity contribution in [1.82, 2.24) is 10.2 Å². The highest BCUT2D eigenvalue weighted by Crippen LogP contribution is 2.31. The second-order valence-corrected chi connectivity index (χ2v) is 10.5. The van der Waals surface area contributed by atoms with Crippen LogP contribution in [0.3, 0.4) is 0 Å². The van der Waals surface area contributed by atoms with Gasteiger partial charge in [-0.05, 0) is 43.3 Å². The van der Waals surface area contributed by atoms with Gasteiger partial charge in [-0.25, -0.2) is 12.8 Å². The van der Waals surface area contributed by atoms with Crippen molar-refractivity contribution in [3.05, 3.63) is 94.2 Å². The van der Waals surface area contributed by atoms with Crippen molar-refractivity contribution in [2.45, 2.75) is 24.4 Å². The zero-order chi connectivity index (χ0) is 26.5. The molecule has 2 amide bonds. The average molecular weight is 552 g/mol. The van der Waals surface area contributed by atoms with Crippen molar-refractivity contribution in [2.24, 2.45) is 0 Å². The predicted octanol–water partition coefficient (Wildman–Crippen LogP) is 4.49. The van der Waals surface area contributed by atoms with E-state index in [-0.39, 0.29) is 32.7 Å². The molecule has 0 unspecified atom stereocenters. The van der Waals surface area contributed by atoms with Gasteiger partial charge in [-0.1, -0.05) is 59.6 Å². The van der Waals surface area contributed by atoms with E-state index in [1.165, 1.54) is 62.5 Å². The highest BCUT2D eigenvalue weighted by atomic mass is 35.5. The van der Waals surface area contributed by atoms with Crippen LogP contribution in [0.4, 0.5) is 10.1 Å². The van der Waals surface area contributed by atoms with Crippen LogP contribution in [-0.4, -0.2) is 44.8 Å². The number of amides is 2. The molecule has 36 heavy (non-hydrogen) atoms. The fourth-order valence-electron chi connectivity index (χ4n) is 3.49. The molecule has 0 fully saturated rings. The summed E-state index contributed by atoms with van der Waals surface area (Å²) in [7, 11) is -2.83. The molecule has 3 rings (SSSR count). The Bertz CT molecular complexity index is 1360. The number of nitrogens with one attached hydrogen (secondary N) is 1. The second-order valence-electron chi connectivity index (χ2n) is 7.83. The lowest BCUT2D eigenvalue weighted by atomic mass is 10.1. The lowest BCUT2D eigenvalue weighted by molar-refractivity contribution is -0.139. The summed E-state index contributed by atoms with van der Waals surface area (Å²) >= 11 is 12.2. The lowest BCUT2D eigenvalue weighted by Gasteiger charge is -2.32. The highest BCUT2D eigenvalue weighted by molar-refractivity contribution is 7.92. The molecule has 0 aliphatic heterocycles. The van der Waals surface area contributed by atoms with Crippen LogP contribution in [0.1, 0.15) is 12.5 Å². The van der Waals surface area contributed by atoms with E-state index < -0.39 is 40.2 Å². The summed E-state index contributed by atoms with van der Waals surface area (Å²) in [5.74, 6) is -1.77. The maximum absolute atomic E-state index is 14.4. The van der Waals surface area contributed by atoms with Crippen molar-refractivity contribution in [2.75, 3.05) is 17.9 Å². The van der Waals surface area contributed by atoms with Gasteiger partial charge in [0, 0.05) is 19.2 Å². The van der Waals surface area contributed by atoms with Crippen LogP contribution in [0, 0.1) is 5.82 Å². The predicted molar refractivity (Wildman–Crippen MR) is 138 cm³/mol. The van der Waals surface area contributed by atoms with E-state index in [2.05, 4.69) is 5.32 Å². The summed E-state index contributed by atoms with van der Waals surface area (Å²) < 4.78 is 42.5. The standard InChI is InChI=1S/C25H24Cl2FN3O4S/c1-17(25(33)29-2)30(15-18-8-6-7-11-23(18)28)24(32)16-31(19-12-13-21(26)22(27)14-19)36(34,35)20-9-4-3-5-10-20/h3-14,17H,15-16H2,1-2H3,(H,29,33)/t17-/m0/s1. The van der Waals surface area contributed by atoms with Gasteiger partial charge in [0.1, 0.15) is 18.4 Å². The number of carbonyl (C=O) groups excluding carboxylic acids is 2. The van der Waals surface area contributed by atoms with Crippen LogP contribution < -0.4 is 9.62 Å².